The van der Waals surface area contributed by atoms with Crippen LogP contribution < -0.4 is 5.32 Å². The molecule has 2 aliphatic heterocycles. The second-order valence-corrected chi connectivity index (χ2v) is 16.5. The molecule has 0 aromatic rings. The first-order valence-corrected chi connectivity index (χ1v) is 22.9. The maximum absolute atomic E-state index is 13.1. The van der Waals surface area contributed by atoms with Gasteiger partial charge in [-0.1, -0.05) is 154 Å². The predicted octanol–water partition coefficient (Wildman–Crippen LogP) is 4.43. The SMILES string of the molecule is CCCCCCCCCCC/C=C/[C@@H](O)[C@H](CO[C@@H]1O[C@H](CO)[C@@H](O[C@@H]2O[C@H](CO)[C@H](O)C(O)C2O)C(O)C1O)NC(=O)CCCCCCCCCCCCCCC. The molecule has 1 amide bonds. The lowest BCUT2D eigenvalue weighted by Crippen LogP contribution is -2.65. The molecule has 2 heterocycles. The van der Waals surface area contributed by atoms with Crippen molar-refractivity contribution in [2.45, 2.75) is 242 Å². The molecule has 9 N–H and O–H groups in total. The summed E-state index contributed by atoms with van der Waals surface area (Å²) in [6, 6.07) is -0.905. The molecule has 58 heavy (non-hydrogen) atoms. The first-order valence-electron chi connectivity index (χ1n) is 22.9. The number of hydrogen-bond donors (Lipinski definition) is 9. The largest absolute Gasteiger partial charge is 0.394 e. The van der Waals surface area contributed by atoms with E-state index in [1.54, 1.807) is 6.08 Å². The van der Waals surface area contributed by atoms with Crippen molar-refractivity contribution in [1.29, 1.82) is 0 Å². The summed E-state index contributed by atoms with van der Waals surface area (Å²) in [5, 5.41) is 86.4. The zero-order valence-electron chi connectivity index (χ0n) is 35.8. The van der Waals surface area contributed by atoms with E-state index in [1.165, 1.54) is 103 Å². The Bertz CT molecular complexity index is 1040. The fraction of sp³-hybridized carbons (Fsp3) is 0.932. The normalized spacial score (nSPS) is 28.9. The Kier molecular flexibility index (Phi) is 29.6. The summed E-state index contributed by atoms with van der Waals surface area (Å²) in [5.41, 5.74) is 0. The van der Waals surface area contributed by atoms with Gasteiger partial charge in [0.1, 0.15) is 48.8 Å². The third-order valence-electron chi connectivity index (χ3n) is 11.5. The number of ether oxygens (including phenoxy) is 4. The van der Waals surface area contributed by atoms with Crippen LogP contribution in [0.15, 0.2) is 12.2 Å². The second-order valence-electron chi connectivity index (χ2n) is 16.5. The lowest BCUT2D eigenvalue weighted by molar-refractivity contribution is -0.359. The van der Waals surface area contributed by atoms with Crippen molar-refractivity contribution in [3.05, 3.63) is 12.2 Å². The molecule has 2 saturated heterocycles. The van der Waals surface area contributed by atoms with Crippen LogP contribution in [0.5, 0.6) is 0 Å². The van der Waals surface area contributed by atoms with Crippen molar-refractivity contribution in [2.75, 3.05) is 19.8 Å². The number of hydrogen-bond acceptors (Lipinski definition) is 13. The summed E-state index contributed by atoms with van der Waals surface area (Å²) in [6.07, 6.45) is 14.0. The van der Waals surface area contributed by atoms with Crippen molar-refractivity contribution in [3.8, 4) is 0 Å². The summed E-state index contributed by atoms with van der Waals surface area (Å²) in [6.45, 7) is 2.75. The number of aliphatic hydroxyl groups excluding tert-OH is 8. The fourth-order valence-corrected chi connectivity index (χ4v) is 7.64. The zero-order chi connectivity index (χ0) is 42.5. The third-order valence-corrected chi connectivity index (χ3v) is 11.5. The molecule has 2 aliphatic rings. The van der Waals surface area contributed by atoms with E-state index in [0.717, 1.165) is 38.5 Å². The molecule has 2 fully saturated rings. The van der Waals surface area contributed by atoms with E-state index >= 15 is 0 Å². The highest BCUT2D eigenvalue weighted by atomic mass is 16.7. The lowest BCUT2D eigenvalue weighted by atomic mass is 9.97. The fourth-order valence-electron chi connectivity index (χ4n) is 7.64. The van der Waals surface area contributed by atoms with E-state index in [0.29, 0.717) is 6.42 Å². The number of nitrogens with one attached hydrogen (secondary N) is 1. The number of unbranched alkanes of at least 4 members (excludes halogenated alkanes) is 21. The summed E-state index contributed by atoms with van der Waals surface area (Å²) < 4.78 is 22.6. The Hall–Kier alpha value is -1.27. The van der Waals surface area contributed by atoms with Gasteiger partial charge in [0, 0.05) is 6.42 Å². The van der Waals surface area contributed by atoms with Crippen molar-refractivity contribution in [3.63, 3.8) is 0 Å². The molecule has 0 radical (unpaired) electrons. The van der Waals surface area contributed by atoms with E-state index in [2.05, 4.69) is 19.2 Å². The van der Waals surface area contributed by atoms with E-state index in [9.17, 15) is 45.6 Å². The van der Waals surface area contributed by atoms with Crippen LogP contribution in [0.4, 0.5) is 0 Å². The predicted molar refractivity (Wildman–Crippen MR) is 222 cm³/mol. The molecule has 0 aliphatic carbocycles. The molecule has 0 bridgehead atoms. The van der Waals surface area contributed by atoms with Gasteiger partial charge in [-0.15, -0.1) is 0 Å². The van der Waals surface area contributed by atoms with Crippen molar-refractivity contribution in [1.82, 2.24) is 5.32 Å². The molecule has 0 aromatic heterocycles. The molecule has 0 spiro atoms. The summed E-state index contributed by atoms with van der Waals surface area (Å²) >= 11 is 0. The standard InChI is InChI=1S/C44H83NO13/c1-3-5-7-9-11-13-15-16-18-20-22-24-26-28-36(49)45-32(33(48)27-25-23-21-19-17-14-12-10-8-6-4-2)31-55-43-41(54)39(52)42(35(30-47)57-43)58-44-40(53)38(51)37(50)34(29-46)56-44/h25,27,32-35,37-44,46-48,50-54H,3-24,26,28-31H2,1-2H3,(H,45,49)/b27-25+/t32-,33+,34+,35+,37-,38?,39?,40?,41?,42+,43+,44-/m0/s1. The lowest BCUT2D eigenvalue weighted by Gasteiger charge is -2.46. The van der Waals surface area contributed by atoms with Crippen LogP contribution in [0.1, 0.15) is 168 Å². The average molecular weight is 834 g/mol. The van der Waals surface area contributed by atoms with E-state index in [4.69, 9.17) is 18.9 Å². The summed E-state index contributed by atoms with van der Waals surface area (Å²) in [7, 11) is 0. The van der Waals surface area contributed by atoms with Gasteiger partial charge in [0.15, 0.2) is 12.6 Å². The monoisotopic (exact) mass is 834 g/mol. The van der Waals surface area contributed by atoms with Crippen LogP contribution in [0.25, 0.3) is 0 Å². The van der Waals surface area contributed by atoms with Crippen LogP contribution in [0, 0.1) is 0 Å². The minimum absolute atomic E-state index is 0.241. The highest BCUT2D eigenvalue weighted by molar-refractivity contribution is 5.76. The minimum atomic E-state index is -1.78. The van der Waals surface area contributed by atoms with Crippen LogP contribution in [0.3, 0.4) is 0 Å². The maximum atomic E-state index is 13.1. The Morgan fingerprint density at radius 3 is 1.59 bits per heavy atom. The van der Waals surface area contributed by atoms with E-state index in [-0.39, 0.29) is 18.9 Å². The average Bonchev–Trinajstić information content (AvgIpc) is 3.22. The molecular formula is C44H83NO13. The molecule has 14 nitrogen and oxygen atoms in total. The van der Waals surface area contributed by atoms with Gasteiger partial charge in [0.05, 0.1) is 32.0 Å². The number of aliphatic hydroxyl groups is 8. The van der Waals surface area contributed by atoms with Gasteiger partial charge in [0.2, 0.25) is 5.91 Å². The van der Waals surface area contributed by atoms with Crippen molar-refractivity contribution in [2.24, 2.45) is 0 Å². The third kappa shape index (κ3) is 20.5. The highest BCUT2D eigenvalue weighted by Crippen LogP contribution is 2.30. The Labute approximate surface area is 348 Å². The first-order chi connectivity index (χ1) is 28.1. The van der Waals surface area contributed by atoms with Gasteiger partial charge < -0.3 is 65.1 Å². The van der Waals surface area contributed by atoms with Gasteiger partial charge in [-0.05, 0) is 19.3 Å². The zero-order valence-corrected chi connectivity index (χ0v) is 35.8. The molecule has 4 unspecified atom stereocenters. The Morgan fingerprint density at radius 1 is 0.603 bits per heavy atom. The maximum Gasteiger partial charge on any atom is 0.220 e. The van der Waals surface area contributed by atoms with Crippen LogP contribution >= 0.6 is 0 Å². The molecule has 0 aromatic carbocycles. The van der Waals surface area contributed by atoms with E-state index < -0.39 is 86.8 Å². The summed E-state index contributed by atoms with van der Waals surface area (Å²) in [4.78, 5) is 13.1. The number of amides is 1. The number of allylic oxidation sites excluding steroid dienone is 1. The van der Waals surface area contributed by atoms with Gasteiger partial charge in [0.25, 0.3) is 0 Å². The Balaban J connectivity index is 1.90. The number of carbonyl (C=O) groups is 1. The molecule has 12 atom stereocenters. The van der Waals surface area contributed by atoms with Gasteiger partial charge >= 0.3 is 0 Å². The van der Waals surface area contributed by atoms with Crippen molar-refractivity contribution >= 4 is 5.91 Å². The smallest absolute Gasteiger partial charge is 0.220 e. The number of carbonyl (C=O) groups excluding carboxylic acids is 1. The second kappa shape index (κ2) is 32.4. The summed E-state index contributed by atoms with van der Waals surface area (Å²) in [5.74, 6) is -0.241. The van der Waals surface area contributed by atoms with Crippen LogP contribution in [-0.4, -0.2) is 140 Å². The highest BCUT2D eigenvalue weighted by Gasteiger charge is 2.50. The van der Waals surface area contributed by atoms with Crippen LogP contribution in [-0.2, 0) is 23.7 Å². The molecule has 342 valence electrons. The van der Waals surface area contributed by atoms with Gasteiger partial charge in [-0.25, -0.2) is 0 Å². The molecule has 0 saturated carbocycles. The quantitative estimate of drug-likeness (QED) is 0.0324. The minimum Gasteiger partial charge on any atom is -0.394 e. The van der Waals surface area contributed by atoms with E-state index in [1.807, 2.05) is 6.08 Å². The molecule has 14 heteroatoms. The number of rotatable bonds is 34. The van der Waals surface area contributed by atoms with Crippen molar-refractivity contribution < 1.29 is 64.6 Å². The molecule has 2 rings (SSSR count). The van der Waals surface area contributed by atoms with Gasteiger partial charge in [-0.3, -0.25) is 4.79 Å². The Morgan fingerprint density at radius 2 is 1.07 bits per heavy atom. The first kappa shape index (κ1) is 52.9. The van der Waals surface area contributed by atoms with Crippen LogP contribution in [0.2, 0.25) is 0 Å². The van der Waals surface area contributed by atoms with Gasteiger partial charge in [-0.2, -0.15) is 0 Å². The topological polar surface area (TPSA) is 228 Å². The molecular weight excluding hydrogens is 750 g/mol.